The fourth-order valence-corrected chi connectivity index (χ4v) is 2.31. The summed E-state index contributed by atoms with van der Waals surface area (Å²) in [6, 6.07) is 2.01. The summed E-state index contributed by atoms with van der Waals surface area (Å²) in [6.07, 6.45) is 1.16. The summed E-state index contributed by atoms with van der Waals surface area (Å²) in [6.45, 7) is 7.38. The number of rotatable bonds is 5. The van der Waals surface area contributed by atoms with Crippen molar-refractivity contribution >= 4 is 11.6 Å². The maximum atomic E-state index is 5.42. The molecule has 112 valence electrons. The van der Waals surface area contributed by atoms with Gasteiger partial charge in [0.25, 0.3) is 0 Å². The number of anilines is 2. The van der Waals surface area contributed by atoms with Crippen molar-refractivity contribution in [3.8, 4) is 0 Å². The van der Waals surface area contributed by atoms with Gasteiger partial charge in [-0.05, 0) is 26.9 Å². The Labute approximate surface area is 121 Å². The van der Waals surface area contributed by atoms with E-state index in [1.165, 1.54) is 0 Å². The molecule has 0 atom stereocenters. The van der Waals surface area contributed by atoms with Crippen LogP contribution in [0.2, 0.25) is 0 Å². The second-order valence-electron chi connectivity index (χ2n) is 5.06. The van der Waals surface area contributed by atoms with Gasteiger partial charge in [0, 0.05) is 39.4 Å². The molecule has 20 heavy (non-hydrogen) atoms. The Hall–Kier alpha value is -1.40. The van der Waals surface area contributed by atoms with E-state index in [9.17, 15) is 0 Å². The zero-order valence-electron chi connectivity index (χ0n) is 12.7. The van der Waals surface area contributed by atoms with E-state index < -0.39 is 0 Å². The van der Waals surface area contributed by atoms with E-state index in [1.807, 2.05) is 20.0 Å². The van der Waals surface area contributed by atoms with Crippen molar-refractivity contribution in [1.29, 1.82) is 0 Å². The molecule has 0 bridgehead atoms. The largest absolute Gasteiger partial charge is 0.374 e. The second kappa shape index (κ2) is 7.40. The minimum atomic E-state index is 0.465. The van der Waals surface area contributed by atoms with Crippen molar-refractivity contribution in [1.82, 2.24) is 14.9 Å². The standard InChI is InChI=1S/C14H25N5O/c1-4-20-11-13-16-12(15-2)10-14(17-13)19-7-5-6-18(3)8-9-19/h10H,4-9,11H2,1-3H3,(H,15,16,17). The molecule has 0 saturated carbocycles. The molecule has 0 aromatic carbocycles. The highest BCUT2D eigenvalue weighted by molar-refractivity contribution is 5.49. The van der Waals surface area contributed by atoms with E-state index in [1.54, 1.807) is 0 Å². The molecule has 0 spiro atoms. The van der Waals surface area contributed by atoms with Crippen molar-refractivity contribution in [2.24, 2.45) is 0 Å². The number of likely N-dealkylation sites (N-methyl/N-ethyl adjacent to an activating group) is 1. The van der Waals surface area contributed by atoms with Gasteiger partial charge in [0.1, 0.15) is 18.2 Å². The van der Waals surface area contributed by atoms with Crippen LogP contribution in [0.3, 0.4) is 0 Å². The summed E-state index contributed by atoms with van der Waals surface area (Å²) >= 11 is 0. The van der Waals surface area contributed by atoms with E-state index in [4.69, 9.17) is 4.74 Å². The normalized spacial score (nSPS) is 17.1. The molecule has 1 aromatic rings. The third-order valence-corrected chi connectivity index (χ3v) is 3.49. The first-order chi connectivity index (χ1) is 9.72. The molecule has 0 amide bonds. The van der Waals surface area contributed by atoms with Crippen molar-refractivity contribution in [2.75, 3.05) is 57.1 Å². The summed E-state index contributed by atoms with van der Waals surface area (Å²) in [4.78, 5) is 13.8. The van der Waals surface area contributed by atoms with Gasteiger partial charge >= 0.3 is 0 Å². The molecule has 6 heteroatoms. The van der Waals surface area contributed by atoms with Gasteiger partial charge in [0.05, 0.1) is 0 Å². The smallest absolute Gasteiger partial charge is 0.158 e. The van der Waals surface area contributed by atoms with Gasteiger partial charge in [-0.3, -0.25) is 0 Å². The van der Waals surface area contributed by atoms with Gasteiger partial charge in [-0.1, -0.05) is 0 Å². The molecule has 1 aromatic heterocycles. The van der Waals surface area contributed by atoms with Crippen molar-refractivity contribution in [3.63, 3.8) is 0 Å². The van der Waals surface area contributed by atoms with Gasteiger partial charge < -0.3 is 19.9 Å². The van der Waals surface area contributed by atoms with Crippen molar-refractivity contribution < 1.29 is 4.74 Å². The van der Waals surface area contributed by atoms with E-state index in [0.717, 1.165) is 50.1 Å². The highest BCUT2D eigenvalue weighted by Gasteiger charge is 2.15. The SMILES string of the molecule is CCOCc1nc(NC)cc(N2CCCN(C)CC2)n1. The van der Waals surface area contributed by atoms with Crippen LogP contribution >= 0.6 is 0 Å². The summed E-state index contributed by atoms with van der Waals surface area (Å²) < 4.78 is 5.42. The quantitative estimate of drug-likeness (QED) is 0.874. The van der Waals surface area contributed by atoms with Gasteiger partial charge in [-0.2, -0.15) is 0 Å². The number of hydrogen-bond donors (Lipinski definition) is 1. The predicted molar refractivity (Wildman–Crippen MR) is 81.2 cm³/mol. The average Bonchev–Trinajstić information content (AvgIpc) is 2.69. The van der Waals surface area contributed by atoms with Crippen LogP contribution in [0, 0.1) is 0 Å². The number of nitrogens with one attached hydrogen (secondary N) is 1. The Morgan fingerprint density at radius 1 is 1.25 bits per heavy atom. The molecule has 6 nitrogen and oxygen atoms in total. The number of hydrogen-bond acceptors (Lipinski definition) is 6. The van der Waals surface area contributed by atoms with E-state index >= 15 is 0 Å². The molecule has 0 unspecified atom stereocenters. The fourth-order valence-electron chi connectivity index (χ4n) is 2.31. The molecule has 0 aliphatic carbocycles. The van der Waals surface area contributed by atoms with E-state index in [-0.39, 0.29) is 0 Å². The average molecular weight is 279 g/mol. The van der Waals surface area contributed by atoms with E-state index in [0.29, 0.717) is 13.2 Å². The molecular weight excluding hydrogens is 254 g/mol. The molecule has 1 saturated heterocycles. The molecule has 2 heterocycles. The number of ether oxygens (including phenoxy) is 1. The Morgan fingerprint density at radius 3 is 2.85 bits per heavy atom. The van der Waals surface area contributed by atoms with Crippen LogP contribution in [0.1, 0.15) is 19.2 Å². The highest BCUT2D eigenvalue weighted by Crippen LogP contribution is 2.18. The Balaban J connectivity index is 2.16. The third-order valence-electron chi connectivity index (χ3n) is 3.49. The van der Waals surface area contributed by atoms with Crippen LogP contribution < -0.4 is 10.2 Å². The topological polar surface area (TPSA) is 53.5 Å². The molecule has 0 radical (unpaired) electrons. The monoisotopic (exact) mass is 279 g/mol. The van der Waals surface area contributed by atoms with Crippen LogP contribution in [0.15, 0.2) is 6.07 Å². The molecule has 2 rings (SSSR count). The fraction of sp³-hybridized carbons (Fsp3) is 0.714. The molecule has 1 aliphatic heterocycles. The summed E-state index contributed by atoms with van der Waals surface area (Å²) in [5.74, 6) is 2.59. The van der Waals surface area contributed by atoms with E-state index in [2.05, 4.69) is 32.1 Å². The molecule has 1 N–H and O–H groups in total. The maximum Gasteiger partial charge on any atom is 0.158 e. The van der Waals surface area contributed by atoms with Crippen LogP contribution in [0.4, 0.5) is 11.6 Å². The minimum Gasteiger partial charge on any atom is -0.374 e. The van der Waals surface area contributed by atoms with Crippen LogP contribution in [-0.2, 0) is 11.3 Å². The Kier molecular flexibility index (Phi) is 5.55. The Morgan fingerprint density at radius 2 is 2.10 bits per heavy atom. The van der Waals surface area contributed by atoms with Gasteiger partial charge in [0.2, 0.25) is 0 Å². The van der Waals surface area contributed by atoms with Crippen LogP contribution in [0.5, 0.6) is 0 Å². The molecule has 1 fully saturated rings. The van der Waals surface area contributed by atoms with Crippen LogP contribution in [-0.4, -0.2) is 61.7 Å². The zero-order valence-corrected chi connectivity index (χ0v) is 12.7. The Bertz CT molecular complexity index is 426. The van der Waals surface area contributed by atoms with Crippen molar-refractivity contribution in [2.45, 2.75) is 20.0 Å². The predicted octanol–water partition coefficient (Wildman–Crippen LogP) is 1.20. The molecule has 1 aliphatic rings. The second-order valence-corrected chi connectivity index (χ2v) is 5.06. The number of nitrogens with zero attached hydrogens (tertiary/aromatic N) is 4. The first-order valence-electron chi connectivity index (χ1n) is 7.30. The van der Waals surface area contributed by atoms with Gasteiger partial charge in [-0.25, -0.2) is 9.97 Å². The van der Waals surface area contributed by atoms with Gasteiger partial charge in [0.15, 0.2) is 5.82 Å². The lowest BCUT2D eigenvalue weighted by Crippen LogP contribution is -2.29. The maximum absolute atomic E-state index is 5.42. The lowest BCUT2D eigenvalue weighted by molar-refractivity contribution is 0.128. The third kappa shape index (κ3) is 4.05. The summed E-state index contributed by atoms with van der Waals surface area (Å²) in [5.41, 5.74) is 0. The van der Waals surface area contributed by atoms with Crippen LogP contribution in [0.25, 0.3) is 0 Å². The first-order valence-corrected chi connectivity index (χ1v) is 7.30. The molecular formula is C14H25N5O. The lowest BCUT2D eigenvalue weighted by atomic mass is 10.3. The van der Waals surface area contributed by atoms with Crippen molar-refractivity contribution in [3.05, 3.63) is 11.9 Å². The zero-order chi connectivity index (χ0) is 14.4. The number of aromatic nitrogens is 2. The summed E-state index contributed by atoms with van der Waals surface area (Å²) in [7, 11) is 4.05. The summed E-state index contributed by atoms with van der Waals surface area (Å²) in [5, 5.41) is 3.10. The first kappa shape index (κ1) is 15.0. The lowest BCUT2D eigenvalue weighted by Gasteiger charge is -2.22. The van der Waals surface area contributed by atoms with Gasteiger partial charge in [-0.15, -0.1) is 0 Å². The highest BCUT2D eigenvalue weighted by atomic mass is 16.5. The minimum absolute atomic E-state index is 0.465.